The van der Waals surface area contributed by atoms with E-state index in [1.54, 1.807) is 48.5 Å². The van der Waals surface area contributed by atoms with Gasteiger partial charge in [-0.25, -0.2) is 4.79 Å². The van der Waals surface area contributed by atoms with Gasteiger partial charge in [-0.2, -0.15) is 0 Å². The third-order valence-electron chi connectivity index (χ3n) is 8.05. The molecular weight excluding hydrogens is 630 g/mol. The summed E-state index contributed by atoms with van der Waals surface area (Å²) in [6, 6.07) is 4.12. The van der Waals surface area contributed by atoms with Crippen LogP contribution in [0.25, 0.3) is 0 Å². The fraction of sp³-hybridized carbons (Fsp3) is 0.639. The highest BCUT2D eigenvalue weighted by atomic mass is 16.4. The molecule has 0 radical (unpaired) electrons. The molecule has 0 heterocycles. The Hall–Kier alpha value is -4.29. The third-order valence-corrected chi connectivity index (χ3v) is 8.05. The summed E-state index contributed by atoms with van der Waals surface area (Å²) in [5.74, 6) is -6.81. The largest absolute Gasteiger partial charge is 0.480 e. The number of carboxylic acids is 1. The van der Waals surface area contributed by atoms with Gasteiger partial charge in [0.05, 0.1) is 6.04 Å². The van der Waals surface area contributed by atoms with Crippen LogP contribution in [0.4, 0.5) is 0 Å². The summed E-state index contributed by atoms with van der Waals surface area (Å²) in [7, 11) is 0. The van der Waals surface area contributed by atoms with Crippen molar-refractivity contribution in [2.24, 2.45) is 23.7 Å². The number of Topliss-reactive ketones (excluding diaryl/α,β-unsaturated/α-hetero) is 1. The highest BCUT2D eigenvalue weighted by molar-refractivity contribution is 6.38. The standard InChI is InChI=1S/C36H57N5O8/c1-10-25(31(43)35(47)38-26(19-20(2)3)32(44)41-30(23(8)9)36(48)49)37-33(45)29(22(6)7)40-34(46)28(21(4)5)39-27(42)18-14-17-24-15-12-11-13-16-24/h11-13,15-16,20-23,25-26,28-30H,10,14,17-19H2,1-9H3,(H,37,45)(H,38,47)(H,39,42)(H,40,46)(H,41,44)(H,48,49)/t25?,26-,28+,29+,30+/m1/s1. The molecule has 0 aliphatic heterocycles. The topological polar surface area (TPSA) is 200 Å². The molecule has 0 aromatic heterocycles. The normalized spacial score (nSPS) is 14.4. The molecule has 49 heavy (non-hydrogen) atoms. The minimum absolute atomic E-state index is 0.0416. The minimum Gasteiger partial charge on any atom is -0.480 e. The Bertz CT molecular complexity index is 1280. The zero-order valence-electron chi connectivity index (χ0n) is 30.4. The van der Waals surface area contributed by atoms with Crippen LogP contribution in [0, 0.1) is 23.7 Å². The van der Waals surface area contributed by atoms with E-state index >= 15 is 0 Å². The SMILES string of the molecule is CCC(NC(=O)[C@@H](NC(=O)[C@@H](NC(=O)CCCc1ccccc1)C(C)C)C(C)C)C(=O)C(=O)N[C@H](CC(C)C)C(=O)N[C@H](C(=O)O)C(C)C. The molecule has 0 aliphatic carbocycles. The Morgan fingerprint density at radius 2 is 1.14 bits per heavy atom. The highest BCUT2D eigenvalue weighted by Crippen LogP contribution is 2.11. The van der Waals surface area contributed by atoms with Crippen LogP contribution >= 0.6 is 0 Å². The number of amides is 5. The molecule has 0 fully saturated rings. The van der Waals surface area contributed by atoms with Gasteiger partial charge in [0, 0.05) is 6.42 Å². The molecule has 5 atom stereocenters. The van der Waals surface area contributed by atoms with Gasteiger partial charge in [-0.05, 0) is 54.9 Å². The number of benzene rings is 1. The monoisotopic (exact) mass is 687 g/mol. The van der Waals surface area contributed by atoms with Gasteiger partial charge >= 0.3 is 5.97 Å². The van der Waals surface area contributed by atoms with E-state index in [9.17, 15) is 38.7 Å². The first kappa shape index (κ1) is 42.7. The number of carbonyl (C=O) groups is 7. The maximum Gasteiger partial charge on any atom is 0.326 e. The van der Waals surface area contributed by atoms with Crippen molar-refractivity contribution in [3.05, 3.63) is 35.9 Å². The number of aliphatic carboxylic acids is 1. The quantitative estimate of drug-likeness (QED) is 0.106. The first-order valence-electron chi connectivity index (χ1n) is 17.2. The molecule has 0 saturated heterocycles. The molecule has 13 heteroatoms. The summed E-state index contributed by atoms with van der Waals surface area (Å²) in [5.41, 5.74) is 1.11. The Labute approximate surface area is 290 Å². The van der Waals surface area contributed by atoms with E-state index in [4.69, 9.17) is 0 Å². The highest BCUT2D eigenvalue weighted by Gasteiger charge is 2.35. The lowest BCUT2D eigenvalue weighted by atomic mass is 9.98. The minimum atomic E-state index is -1.26. The average Bonchev–Trinajstić information content (AvgIpc) is 3.02. The van der Waals surface area contributed by atoms with Crippen LogP contribution < -0.4 is 26.6 Å². The van der Waals surface area contributed by atoms with Gasteiger partial charge in [0.15, 0.2) is 0 Å². The van der Waals surface area contributed by atoms with E-state index in [-0.39, 0.29) is 37.0 Å². The maximum absolute atomic E-state index is 13.4. The van der Waals surface area contributed by atoms with E-state index in [0.717, 1.165) is 5.56 Å². The Balaban J connectivity index is 2.95. The molecule has 274 valence electrons. The lowest BCUT2D eigenvalue weighted by Gasteiger charge is -2.28. The number of nitrogens with one attached hydrogen (secondary N) is 5. The maximum atomic E-state index is 13.4. The Morgan fingerprint density at radius 3 is 1.63 bits per heavy atom. The van der Waals surface area contributed by atoms with E-state index in [2.05, 4.69) is 26.6 Å². The van der Waals surface area contributed by atoms with Gasteiger partial charge in [-0.1, -0.05) is 92.6 Å². The van der Waals surface area contributed by atoms with Gasteiger partial charge in [0.1, 0.15) is 24.2 Å². The first-order chi connectivity index (χ1) is 22.9. The molecule has 13 nitrogen and oxygen atoms in total. The van der Waals surface area contributed by atoms with Gasteiger partial charge in [0.2, 0.25) is 29.4 Å². The van der Waals surface area contributed by atoms with Gasteiger partial charge in [-0.15, -0.1) is 0 Å². The molecule has 1 aromatic carbocycles. The van der Waals surface area contributed by atoms with Crippen molar-refractivity contribution in [1.82, 2.24) is 26.6 Å². The molecular formula is C36H57N5O8. The summed E-state index contributed by atoms with van der Waals surface area (Å²) >= 11 is 0. The zero-order chi connectivity index (χ0) is 37.4. The number of hydrogen-bond donors (Lipinski definition) is 6. The Morgan fingerprint density at radius 1 is 0.633 bits per heavy atom. The second-order valence-electron chi connectivity index (χ2n) is 13.9. The van der Waals surface area contributed by atoms with Crippen LogP contribution in [-0.4, -0.2) is 76.6 Å². The van der Waals surface area contributed by atoms with Crippen LogP contribution in [0.3, 0.4) is 0 Å². The van der Waals surface area contributed by atoms with E-state index in [0.29, 0.717) is 12.8 Å². The van der Waals surface area contributed by atoms with E-state index in [1.165, 1.54) is 0 Å². The van der Waals surface area contributed by atoms with Crippen LogP contribution in [0.15, 0.2) is 30.3 Å². The second kappa shape index (κ2) is 20.9. The molecule has 0 spiro atoms. The van der Waals surface area contributed by atoms with Crippen LogP contribution in [-0.2, 0) is 40.0 Å². The molecule has 1 rings (SSSR count). The van der Waals surface area contributed by atoms with Crippen molar-refractivity contribution in [2.45, 2.75) is 125 Å². The molecule has 0 saturated carbocycles. The van der Waals surface area contributed by atoms with Crippen molar-refractivity contribution >= 4 is 41.3 Å². The van der Waals surface area contributed by atoms with Crippen molar-refractivity contribution in [1.29, 1.82) is 0 Å². The fourth-order valence-corrected chi connectivity index (χ4v) is 5.13. The van der Waals surface area contributed by atoms with Gasteiger partial charge in [-0.3, -0.25) is 28.8 Å². The summed E-state index contributed by atoms with van der Waals surface area (Å²) in [6.45, 7) is 15.5. The number of hydrogen-bond acceptors (Lipinski definition) is 7. The summed E-state index contributed by atoms with van der Waals surface area (Å²) in [4.78, 5) is 90.4. The van der Waals surface area contributed by atoms with Crippen molar-refractivity contribution < 1.29 is 38.7 Å². The predicted molar refractivity (Wildman–Crippen MR) is 186 cm³/mol. The summed E-state index contributed by atoms with van der Waals surface area (Å²) in [5, 5.41) is 22.4. The number of rotatable bonds is 21. The van der Waals surface area contributed by atoms with E-state index < -0.39 is 77.4 Å². The number of ketones is 1. The van der Waals surface area contributed by atoms with E-state index in [1.807, 2.05) is 44.2 Å². The fourth-order valence-electron chi connectivity index (χ4n) is 5.13. The lowest BCUT2D eigenvalue weighted by molar-refractivity contribution is -0.144. The van der Waals surface area contributed by atoms with Crippen molar-refractivity contribution in [2.75, 3.05) is 0 Å². The van der Waals surface area contributed by atoms with Gasteiger partial charge < -0.3 is 31.7 Å². The predicted octanol–water partition coefficient (Wildman–Crippen LogP) is 2.51. The molecule has 5 amide bonds. The van der Waals surface area contributed by atoms with Crippen LogP contribution in [0.1, 0.15) is 93.6 Å². The van der Waals surface area contributed by atoms with Crippen molar-refractivity contribution in [3.63, 3.8) is 0 Å². The number of aryl methyl sites for hydroxylation is 1. The smallest absolute Gasteiger partial charge is 0.326 e. The average molecular weight is 688 g/mol. The van der Waals surface area contributed by atoms with Crippen LogP contribution in [0.5, 0.6) is 0 Å². The zero-order valence-corrected chi connectivity index (χ0v) is 30.4. The molecule has 0 bridgehead atoms. The molecule has 0 aliphatic rings. The van der Waals surface area contributed by atoms with Gasteiger partial charge in [0.25, 0.3) is 5.91 Å². The first-order valence-corrected chi connectivity index (χ1v) is 17.2. The Kier molecular flexibility index (Phi) is 18.3. The molecule has 1 aromatic rings. The number of carboxylic acid groups (broad SMARTS) is 1. The van der Waals surface area contributed by atoms with Crippen molar-refractivity contribution in [3.8, 4) is 0 Å². The third kappa shape index (κ3) is 14.8. The molecule has 1 unspecified atom stereocenters. The summed E-state index contributed by atoms with van der Waals surface area (Å²) in [6.07, 6.45) is 1.72. The lowest BCUT2D eigenvalue weighted by Crippen LogP contribution is -2.59. The number of carbonyl (C=O) groups excluding carboxylic acids is 6. The summed E-state index contributed by atoms with van der Waals surface area (Å²) < 4.78 is 0. The second-order valence-corrected chi connectivity index (χ2v) is 13.9. The molecule has 6 N–H and O–H groups in total. The van der Waals surface area contributed by atoms with Crippen LogP contribution in [0.2, 0.25) is 0 Å².